The molecule has 0 heterocycles. The minimum Gasteiger partial charge on any atom is -0.490 e. The molecule has 102 valence electrons. The minimum absolute atomic E-state index is 0.0683. The maximum absolute atomic E-state index is 11.4. The summed E-state index contributed by atoms with van der Waals surface area (Å²) in [7, 11) is 0. The highest BCUT2D eigenvalue weighted by Crippen LogP contribution is 2.30. The zero-order valence-electron chi connectivity index (χ0n) is 11.1. The Hall–Kier alpha value is -2.35. The molecule has 0 aliphatic rings. The fourth-order valence-electron chi connectivity index (χ4n) is 1.39. The smallest absolute Gasteiger partial charge is 0.412 e. The summed E-state index contributed by atoms with van der Waals surface area (Å²) in [5.41, 5.74) is 0.550. The molecule has 0 aliphatic carbocycles. The lowest BCUT2D eigenvalue weighted by Gasteiger charge is -2.12. The normalized spacial score (nSPS) is 9.32. The average Bonchev–Trinajstić information content (AvgIpc) is 2.40. The van der Waals surface area contributed by atoms with Gasteiger partial charge >= 0.3 is 6.09 Å². The van der Waals surface area contributed by atoms with E-state index in [-0.39, 0.29) is 6.61 Å². The van der Waals surface area contributed by atoms with Gasteiger partial charge in [-0.1, -0.05) is 5.92 Å². The van der Waals surface area contributed by atoms with Crippen LogP contribution in [0.3, 0.4) is 0 Å². The van der Waals surface area contributed by atoms with Gasteiger partial charge in [-0.3, -0.25) is 5.32 Å². The summed E-state index contributed by atoms with van der Waals surface area (Å²) < 4.78 is 15.6. The third-order valence-electron chi connectivity index (χ3n) is 2.08. The number of amides is 1. The van der Waals surface area contributed by atoms with Crippen LogP contribution in [0.4, 0.5) is 10.5 Å². The van der Waals surface area contributed by atoms with Gasteiger partial charge in [0.2, 0.25) is 0 Å². The van der Waals surface area contributed by atoms with E-state index in [1.807, 2.05) is 13.8 Å². The van der Waals surface area contributed by atoms with E-state index < -0.39 is 6.09 Å². The lowest BCUT2D eigenvalue weighted by atomic mass is 10.2. The summed E-state index contributed by atoms with van der Waals surface area (Å²) in [5.74, 6) is 3.41. The Morgan fingerprint density at radius 3 is 2.58 bits per heavy atom. The first-order valence-corrected chi connectivity index (χ1v) is 5.98. The van der Waals surface area contributed by atoms with E-state index in [0.717, 1.165) is 0 Å². The van der Waals surface area contributed by atoms with Gasteiger partial charge in [-0.2, -0.15) is 0 Å². The number of rotatable bonds is 6. The number of carbonyl (C=O) groups excluding carboxylic acids is 1. The van der Waals surface area contributed by atoms with Gasteiger partial charge in [-0.15, -0.1) is 6.42 Å². The lowest BCUT2D eigenvalue weighted by molar-refractivity contribution is 0.176. The second-order valence-corrected chi connectivity index (χ2v) is 3.43. The molecule has 0 atom stereocenters. The number of hydrogen-bond acceptors (Lipinski definition) is 4. The molecule has 0 radical (unpaired) electrons. The molecule has 0 unspecified atom stereocenters. The van der Waals surface area contributed by atoms with Crippen molar-refractivity contribution < 1.29 is 19.0 Å². The zero-order chi connectivity index (χ0) is 14.1. The van der Waals surface area contributed by atoms with Crippen LogP contribution in [0.15, 0.2) is 18.2 Å². The van der Waals surface area contributed by atoms with Crippen molar-refractivity contribution in [2.24, 2.45) is 0 Å². The van der Waals surface area contributed by atoms with Gasteiger partial charge in [0.15, 0.2) is 18.1 Å². The Bertz CT molecular complexity index is 465. The predicted octanol–water partition coefficient (Wildman–Crippen LogP) is 2.67. The third kappa shape index (κ3) is 4.80. The Labute approximate surface area is 112 Å². The topological polar surface area (TPSA) is 56.8 Å². The molecule has 0 aromatic heterocycles. The molecule has 0 saturated carbocycles. The van der Waals surface area contributed by atoms with E-state index in [4.69, 9.17) is 20.6 Å². The molecule has 5 nitrogen and oxygen atoms in total. The van der Waals surface area contributed by atoms with Crippen LogP contribution in [0.2, 0.25) is 0 Å². The van der Waals surface area contributed by atoms with E-state index in [1.165, 1.54) is 0 Å². The van der Waals surface area contributed by atoms with Crippen LogP contribution >= 0.6 is 0 Å². The second kappa shape index (κ2) is 7.88. The summed E-state index contributed by atoms with van der Waals surface area (Å²) in [6.45, 7) is 4.74. The maximum atomic E-state index is 11.4. The van der Waals surface area contributed by atoms with Crippen LogP contribution < -0.4 is 14.8 Å². The number of ether oxygens (including phenoxy) is 3. The van der Waals surface area contributed by atoms with E-state index >= 15 is 0 Å². The van der Waals surface area contributed by atoms with Crippen LogP contribution in [-0.2, 0) is 4.74 Å². The molecule has 0 fully saturated rings. The highest BCUT2D eigenvalue weighted by Gasteiger charge is 2.08. The lowest BCUT2D eigenvalue weighted by Crippen LogP contribution is -2.13. The van der Waals surface area contributed by atoms with Crippen molar-refractivity contribution in [3.8, 4) is 23.8 Å². The van der Waals surface area contributed by atoms with Crippen molar-refractivity contribution in [3.63, 3.8) is 0 Å². The number of hydrogen-bond donors (Lipinski definition) is 1. The molecule has 19 heavy (non-hydrogen) atoms. The SMILES string of the molecule is C#CCOC(=O)Nc1ccc(OCC)c(OCC)c1. The first-order chi connectivity index (χ1) is 9.21. The summed E-state index contributed by atoms with van der Waals surface area (Å²) in [6.07, 6.45) is 4.39. The van der Waals surface area contributed by atoms with Crippen LogP contribution in [-0.4, -0.2) is 25.9 Å². The van der Waals surface area contributed by atoms with Crippen LogP contribution in [0.1, 0.15) is 13.8 Å². The monoisotopic (exact) mass is 263 g/mol. The number of benzene rings is 1. The third-order valence-corrected chi connectivity index (χ3v) is 2.08. The Balaban J connectivity index is 2.77. The number of carbonyl (C=O) groups is 1. The van der Waals surface area contributed by atoms with Gasteiger partial charge in [0.05, 0.1) is 13.2 Å². The number of terminal acetylenes is 1. The molecule has 0 aliphatic heterocycles. The summed E-state index contributed by atoms with van der Waals surface area (Å²) in [5, 5.41) is 2.55. The van der Waals surface area contributed by atoms with Crippen molar-refractivity contribution in [2.45, 2.75) is 13.8 Å². The first kappa shape index (κ1) is 14.7. The van der Waals surface area contributed by atoms with E-state index in [0.29, 0.717) is 30.4 Å². The number of anilines is 1. The fourth-order valence-corrected chi connectivity index (χ4v) is 1.39. The molecule has 0 saturated heterocycles. The fraction of sp³-hybridized carbons (Fsp3) is 0.357. The molecule has 1 aromatic rings. The molecule has 0 bridgehead atoms. The maximum Gasteiger partial charge on any atom is 0.412 e. The van der Waals surface area contributed by atoms with Gasteiger partial charge in [-0.05, 0) is 26.0 Å². The van der Waals surface area contributed by atoms with Crippen LogP contribution in [0.5, 0.6) is 11.5 Å². The molecule has 1 N–H and O–H groups in total. The molecule has 1 aromatic carbocycles. The van der Waals surface area contributed by atoms with Gasteiger partial charge in [-0.25, -0.2) is 4.79 Å². The summed E-state index contributed by atoms with van der Waals surface area (Å²) in [6, 6.07) is 5.10. The van der Waals surface area contributed by atoms with E-state index in [1.54, 1.807) is 18.2 Å². The largest absolute Gasteiger partial charge is 0.490 e. The van der Waals surface area contributed by atoms with Crippen molar-refractivity contribution in [2.75, 3.05) is 25.1 Å². The molecule has 5 heteroatoms. The molecule has 1 rings (SSSR count). The Morgan fingerprint density at radius 1 is 1.26 bits per heavy atom. The van der Waals surface area contributed by atoms with E-state index in [2.05, 4.69) is 11.2 Å². The molecular weight excluding hydrogens is 246 g/mol. The van der Waals surface area contributed by atoms with Crippen molar-refractivity contribution in [1.29, 1.82) is 0 Å². The highest BCUT2D eigenvalue weighted by atomic mass is 16.5. The Morgan fingerprint density at radius 2 is 1.95 bits per heavy atom. The van der Waals surface area contributed by atoms with Gasteiger partial charge in [0.1, 0.15) is 0 Å². The van der Waals surface area contributed by atoms with Crippen LogP contribution in [0.25, 0.3) is 0 Å². The quantitative estimate of drug-likeness (QED) is 0.802. The van der Waals surface area contributed by atoms with Crippen molar-refractivity contribution in [3.05, 3.63) is 18.2 Å². The first-order valence-electron chi connectivity index (χ1n) is 5.98. The van der Waals surface area contributed by atoms with Gasteiger partial charge in [0.25, 0.3) is 0 Å². The molecular formula is C14H17NO4. The Kier molecular flexibility index (Phi) is 6.10. The van der Waals surface area contributed by atoms with Gasteiger partial charge < -0.3 is 14.2 Å². The van der Waals surface area contributed by atoms with E-state index in [9.17, 15) is 4.79 Å². The average molecular weight is 263 g/mol. The van der Waals surface area contributed by atoms with Gasteiger partial charge in [0, 0.05) is 11.8 Å². The molecule has 0 spiro atoms. The zero-order valence-corrected chi connectivity index (χ0v) is 11.1. The highest BCUT2D eigenvalue weighted by molar-refractivity contribution is 5.85. The summed E-state index contributed by atoms with van der Waals surface area (Å²) >= 11 is 0. The number of nitrogens with one attached hydrogen (secondary N) is 1. The van der Waals surface area contributed by atoms with Crippen LogP contribution in [0, 0.1) is 12.3 Å². The summed E-state index contributed by atoms with van der Waals surface area (Å²) in [4.78, 5) is 11.4. The predicted molar refractivity (Wildman–Crippen MR) is 72.6 cm³/mol. The second-order valence-electron chi connectivity index (χ2n) is 3.43. The van der Waals surface area contributed by atoms with Crippen molar-refractivity contribution >= 4 is 11.8 Å². The van der Waals surface area contributed by atoms with Crippen molar-refractivity contribution in [1.82, 2.24) is 0 Å². The molecule has 1 amide bonds. The standard InChI is InChI=1S/C14H17NO4/c1-4-9-19-14(16)15-11-7-8-12(17-5-2)13(10-11)18-6-3/h1,7-8,10H,5-6,9H2,2-3H3,(H,15,16). The minimum atomic E-state index is -0.607.